The zero-order valence-electron chi connectivity index (χ0n) is 16.6. The molecule has 0 N–H and O–H groups in total. The summed E-state index contributed by atoms with van der Waals surface area (Å²) in [5.74, 6) is 2.51. The average molecular weight is 384 g/mol. The van der Waals surface area contributed by atoms with Crippen molar-refractivity contribution in [1.82, 2.24) is 14.9 Å². The summed E-state index contributed by atoms with van der Waals surface area (Å²) in [4.78, 5) is 25.2. The number of carbonyl (C=O) groups excluding carboxylic acids is 1. The smallest absolute Gasteiger partial charge is 0.225 e. The van der Waals surface area contributed by atoms with Crippen molar-refractivity contribution >= 4 is 11.9 Å². The summed E-state index contributed by atoms with van der Waals surface area (Å²) in [6.45, 7) is 5.18. The summed E-state index contributed by atoms with van der Waals surface area (Å²) >= 11 is 0. The molecule has 2 aromatic rings. The molecule has 1 aromatic carbocycles. The van der Waals surface area contributed by atoms with Crippen LogP contribution in [-0.2, 0) is 4.79 Å². The highest BCUT2D eigenvalue weighted by molar-refractivity contribution is 5.78. The SMILES string of the molecule is CCOc1cccc(OCCN(C)C(=O)C2CCN(c3ncccn3)CC2)c1. The fraction of sp³-hybridized carbons (Fsp3) is 0.476. The molecule has 0 saturated carbocycles. The maximum atomic E-state index is 12.7. The minimum absolute atomic E-state index is 0.0474. The third-order valence-corrected chi connectivity index (χ3v) is 4.87. The Labute approximate surface area is 166 Å². The molecule has 0 radical (unpaired) electrons. The second kappa shape index (κ2) is 9.92. The predicted molar refractivity (Wildman–Crippen MR) is 108 cm³/mol. The zero-order chi connectivity index (χ0) is 19.8. The number of amides is 1. The number of hydrogen-bond acceptors (Lipinski definition) is 6. The molecule has 28 heavy (non-hydrogen) atoms. The van der Waals surface area contributed by atoms with Crippen molar-refractivity contribution in [2.75, 3.05) is 44.8 Å². The molecule has 0 aliphatic carbocycles. The number of carbonyl (C=O) groups is 1. The van der Waals surface area contributed by atoms with E-state index in [1.165, 1.54) is 0 Å². The molecule has 150 valence electrons. The van der Waals surface area contributed by atoms with Crippen molar-refractivity contribution in [3.8, 4) is 11.5 Å². The summed E-state index contributed by atoms with van der Waals surface area (Å²) in [7, 11) is 1.84. The van der Waals surface area contributed by atoms with Gasteiger partial charge >= 0.3 is 0 Å². The molecule has 0 unspecified atom stereocenters. The molecule has 1 saturated heterocycles. The number of nitrogens with zero attached hydrogens (tertiary/aromatic N) is 4. The van der Waals surface area contributed by atoms with E-state index in [9.17, 15) is 4.79 Å². The van der Waals surface area contributed by atoms with Crippen molar-refractivity contribution < 1.29 is 14.3 Å². The molecule has 0 spiro atoms. The van der Waals surface area contributed by atoms with Crippen LogP contribution in [0.1, 0.15) is 19.8 Å². The Morgan fingerprint density at radius 1 is 1.14 bits per heavy atom. The largest absolute Gasteiger partial charge is 0.494 e. The van der Waals surface area contributed by atoms with Gasteiger partial charge in [0.1, 0.15) is 18.1 Å². The minimum atomic E-state index is 0.0474. The Morgan fingerprint density at radius 3 is 2.50 bits per heavy atom. The number of piperidine rings is 1. The second-order valence-electron chi connectivity index (χ2n) is 6.83. The molecule has 2 heterocycles. The van der Waals surface area contributed by atoms with E-state index >= 15 is 0 Å². The monoisotopic (exact) mass is 384 g/mol. The van der Waals surface area contributed by atoms with Gasteiger partial charge in [-0.25, -0.2) is 9.97 Å². The van der Waals surface area contributed by atoms with Crippen LogP contribution in [0.15, 0.2) is 42.7 Å². The van der Waals surface area contributed by atoms with Gasteiger partial charge in [0.2, 0.25) is 11.9 Å². The van der Waals surface area contributed by atoms with Gasteiger partial charge in [0.15, 0.2) is 0 Å². The lowest BCUT2D eigenvalue weighted by Crippen LogP contribution is -2.42. The first-order valence-corrected chi connectivity index (χ1v) is 9.80. The van der Waals surface area contributed by atoms with Gasteiger partial charge in [-0.15, -0.1) is 0 Å². The molecule has 7 heteroatoms. The van der Waals surface area contributed by atoms with Crippen molar-refractivity contribution in [1.29, 1.82) is 0 Å². The number of benzene rings is 1. The first kappa shape index (κ1) is 19.9. The average Bonchev–Trinajstić information content (AvgIpc) is 2.74. The normalized spacial score (nSPS) is 14.6. The molecule has 1 aliphatic rings. The van der Waals surface area contributed by atoms with Crippen LogP contribution in [-0.4, -0.2) is 60.7 Å². The van der Waals surface area contributed by atoms with Gasteiger partial charge in [0.25, 0.3) is 0 Å². The molecular formula is C21H28N4O3. The number of anilines is 1. The molecule has 1 amide bonds. The standard InChI is InChI=1S/C21H28N4O3/c1-3-27-18-6-4-7-19(16-18)28-15-14-24(2)20(26)17-8-12-25(13-9-17)21-22-10-5-11-23-21/h4-7,10-11,16-17H,3,8-9,12-15H2,1-2H3. The first-order chi connectivity index (χ1) is 13.7. The lowest BCUT2D eigenvalue weighted by molar-refractivity contribution is -0.135. The summed E-state index contributed by atoms with van der Waals surface area (Å²) in [5.41, 5.74) is 0. The van der Waals surface area contributed by atoms with E-state index in [0.717, 1.165) is 43.4 Å². The molecule has 3 rings (SSSR count). The van der Waals surface area contributed by atoms with Gasteiger partial charge in [-0.2, -0.15) is 0 Å². The van der Waals surface area contributed by atoms with Gasteiger partial charge in [0.05, 0.1) is 13.2 Å². The van der Waals surface area contributed by atoms with Crippen molar-refractivity contribution in [2.24, 2.45) is 5.92 Å². The van der Waals surface area contributed by atoms with Crippen LogP contribution < -0.4 is 14.4 Å². The number of rotatable bonds is 8. The lowest BCUT2D eigenvalue weighted by Gasteiger charge is -2.33. The number of hydrogen-bond donors (Lipinski definition) is 0. The molecule has 1 aromatic heterocycles. The summed E-state index contributed by atoms with van der Waals surface area (Å²) < 4.78 is 11.3. The van der Waals surface area contributed by atoms with Gasteiger partial charge in [-0.05, 0) is 38.0 Å². The molecular weight excluding hydrogens is 356 g/mol. The lowest BCUT2D eigenvalue weighted by atomic mass is 9.95. The van der Waals surface area contributed by atoms with Crippen molar-refractivity contribution in [2.45, 2.75) is 19.8 Å². The van der Waals surface area contributed by atoms with Crippen molar-refractivity contribution in [3.63, 3.8) is 0 Å². The Kier molecular flexibility index (Phi) is 7.06. The van der Waals surface area contributed by atoms with E-state index in [2.05, 4.69) is 14.9 Å². The topological polar surface area (TPSA) is 67.8 Å². The maximum absolute atomic E-state index is 12.7. The van der Waals surface area contributed by atoms with E-state index < -0.39 is 0 Å². The van der Waals surface area contributed by atoms with Crippen LogP contribution in [0.4, 0.5) is 5.95 Å². The van der Waals surface area contributed by atoms with E-state index in [1.54, 1.807) is 17.3 Å². The van der Waals surface area contributed by atoms with Gasteiger partial charge in [-0.3, -0.25) is 4.79 Å². The molecule has 0 atom stereocenters. The van der Waals surface area contributed by atoms with Crippen LogP contribution in [0.25, 0.3) is 0 Å². The second-order valence-corrected chi connectivity index (χ2v) is 6.83. The fourth-order valence-electron chi connectivity index (χ4n) is 3.32. The highest BCUT2D eigenvalue weighted by atomic mass is 16.5. The Morgan fingerprint density at radius 2 is 1.82 bits per heavy atom. The highest BCUT2D eigenvalue weighted by Gasteiger charge is 2.28. The van der Waals surface area contributed by atoms with Gasteiger partial charge < -0.3 is 19.3 Å². The molecule has 1 aliphatic heterocycles. The number of ether oxygens (including phenoxy) is 2. The summed E-state index contributed by atoms with van der Waals surface area (Å²) in [6, 6.07) is 9.38. The van der Waals surface area contributed by atoms with Crippen LogP contribution in [0.2, 0.25) is 0 Å². The molecule has 7 nitrogen and oxygen atoms in total. The fourth-order valence-corrected chi connectivity index (χ4v) is 3.32. The summed E-state index contributed by atoms with van der Waals surface area (Å²) in [5, 5.41) is 0. The summed E-state index contributed by atoms with van der Waals surface area (Å²) in [6.07, 6.45) is 5.13. The Bertz CT molecular complexity index is 748. The molecule has 0 bridgehead atoms. The third kappa shape index (κ3) is 5.34. The van der Waals surface area contributed by atoms with Crippen LogP contribution in [0.3, 0.4) is 0 Å². The van der Waals surface area contributed by atoms with Gasteiger partial charge in [0, 0.05) is 44.5 Å². The van der Waals surface area contributed by atoms with E-state index in [0.29, 0.717) is 19.8 Å². The third-order valence-electron chi connectivity index (χ3n) is 4.87. The predicted octanol–water partition coefficient (Wildman–Crippen LogP) is 2.63. The van der Waals surface area contributed by atoms with E-state index in [1.807, 2.05) is 44.3 Å². The minimum Gasteiger partial charge on any atom is -0.494 e. The highest BCUT2D eigenvalue weighted by Crippen LogP contribution is 2.22. The zero-order valence-corrected chi connectivity index (χ0v) is 16.6. The number of likely N-dealkylation sites (N-methyl/N-ethyl adjacent to an activating group) is 1. The van der Waals surface area contributed by atoms with Crippen LogP contribution >= 0.6 is 0 Å². The van der Waals surface area contributed by atoms with E-state index in [4.69, 9.17) is 9.47 Å². The maximum Gasteiger partial charge on any atom is 0.225 e. The van der Waals surface area contributed by atoms with Crippen LogP contribution in [0.5, 0.6) is 11.5 Å². The first-order valence-electron chi connectivity index (χ1n) is 9.80. The van der Waals surface area contributed by atoms with Crippen molar-refractivity contribution in [3.05, 3.63) is 42.7 Å². The van der Waals surface area contributed by atoms with E-state index in [-0.39, 0.29) is 11.8 Å². The quantitative estimate of drug-likeness (QED) is 0.697. The molecule has 1 fully saturated rings. The Hall–Kier alpha value is -2.83. The number of aromatic nitrogens is 2. The Balaban J connectivity index is 1.42. The van der Waals surface area contributed by atoms with Crippen LogP contribution in [0, 0.1) is 5.92 Å². The van der Waals surface area contributed by atoms with Gasteiger partial charge in [-0.1, -0.05) is 6.07 Å².